The van der Waals surface area contributed by atoms with Gasteiger partial charge in [-0.1, -0.05) is 17.7 Å². The first kappa shape index (κ1) is 12.7. The van der Waals surface area contributed by atoms with E-state index in [1.807, 2.05) is 13.0 Å². The van der Waals surface area contributed by atoms with Crippen molar-refractivity contribution in [2.75, 3.05) is 7.11 Å². The van der Waals surface area contributed by atoms with E-state index >= 15 is 0 Å². The standard InChI is InChI=1S/C15H13ClO2/c1-10-3-6-12(16)9-14(10)15(17)11-4-7-13(18-2)8-5-11/h3-9H,1-2H3. The van der Waals surface area contributed by atoms with E-state index in [1.165, 1.54) is 0 Å². The Labute approximate surface area is 111 Å². The molecule has 2 nitrogen and oxygen atoms in total. The molecule has 0 heterocycles. The van der Waals surface area contributed by atoms with Crippen molar-refractivity contribution < 1.29 is 9.53 Å². The van der Waals surface area contributed by atoms with E-state index in [9.17, 15) is 4.79 Å². The van der Waals surface area contributed by atoms with Crippen molar-refractivity contribution in [3.63, 3.8) is 0 Å². The highest BCUT2D eigenvalue weighted by molar-refractivity contribution is 6.31. The van der Waals surface area contributed by atoms with Crippen molar-refractivity contribution in [1.82, 2.24) is 0 Å². The Kier molecular flexibility index (Phi) is 3.68. The molecule has 2 aromatic rings. The zero-order valence-electron chi connectivity index (χ0n) is 10.2. The summed E-state index contributed by atoms with van der Waals surface area (Å²) in [5.74, 6) is 0.701. The predicted octanol–water partition coefficient (Wildman–Crippen LogP) is 3.89. The maximum atomic E-state index is 12.3. The number of methoxy groups -OCH3 is 1. The van der Waals surface area contributed by atoms with Crippen LogP contribution in [0.2, 0.25) is 5.02 Å². The number of hydrogen-bond acceptors (Lipinski definition) is 2. The average molecular weight is 261 g/mol. The Bertz CT molecular complexity index is 574. The summed E-state index contributed by atoms with van der Waals surface area (Å²) in [6, 6.07) is 12.4. The fourth-order valence-electron chi connectivity index (χ4n) is 1.74. The van der Waals surface area contributed by atoms with Crippen LogP contribution in [-0.4, -0.2) is 12.9 Å². The second-order valence-corrected chi connectivity index (χ2v) is 4.45. The highest BCUT2D eigenvalue weighted by atomic mass is 35.5. The monoisotopic (exact) mass is 260 g/mol. The van der Waals surface area contributed by atoms with Crippen LogP contribution in [0, 0.1) is 6.92 Å². The summed E-state index contributed by atoms with van der Waals surface area (Å²) in [5.41, 5.74) is 2.18. The molecule has 0 atom stereocenters. The molecule has 0 radical (unpaired) electrons. The van der Waals surface area contributed by atoms with Crippen LogP contribution in [-0.2, 0) is 0 Å². The Balaban J connectivity index is 2.38. The van der Waals surface area contributed by atoms with Crippen LogP contribution in [0.4, 0.5) is 0 Å². The summed E-state index contributed by atoms with van der Waals surface area (Å²) in [6.07, 6.45) is 0. The normalized spacial score (nSPS) is 10.2. The lowest BCUT2D eigenvalue weighted by atomic mass is 9.99. The van der Waals surface area contributed by atoms with Gasteiger partial charge in [0.15, 0.2) is 5.78 Å². The fraction of sp³-hybridized carbons (Fsp3) is 0.133. The van der Waals surface area contributed by atoms with E-state index in [-0.39, 0.29) is 5.78 Å². The summed E-state index contributed by atoms with van der Waals surface area (Å²) in [7, 11) is 1.60. The molecule has 0 unspecified atom stereocenters. The fourth-order valence-corrected chi connectivity index (χ4v) is 1.91. The minimum Gasteiger partial charge on any atom is -0.497 e. The van der Waals surface area contributed by atoms with Crippen molar-refractivity contribution in [3.8, 4) is 5.75 Å². The van der Waals surface area contributed by atoms with Gasteiger partial charge in [-0.25, -0.2) is 0 Å². The number of aryl methyl sites for hydroxylation is 1. The molecule has 92 valence electrons. The maximum absolute atomic E-state index is 12.3. The number of carbonyl (C=O) groups excluding carboxylic acids is 1. The van der Waals surface area contributed by atoms with Crippen molar-refractivity contribution >= 4 is 17.4 Å². The van der Waals surface area contributed by atoms with Gasteiger partial charge in [-0.05, 0) is 48.9 Å². The molecule has 0 fully saturated rings. The van der Waals surface area contributed by atoms with Crippen molar-refractivity contribution in [1.29, 1.82) is 0 Å². The maximum Gasteiger partial charge on any atom is 0.193 e. The van der Waals surface area contributed by atoms with Crippen molar-refractivity contribution in [3.05, 3.63) is 64.2 Å². The molecule has 0 aliphatic rings. The van der Waals surface area contributed by atoms with E-state index in [0.29, 0.717) is 16.1 Å². The Morgan fingerprint density at radius 3 is 2.39 bits per heavy atom. The van der Waals surface area contributed by atoms with Gasteiger partial charge in [0.2, 0.25) is 0 Å². The Morgan fingerprint density at radius 2 is 1.78 bits per heavy atom. The number of halogens is 1. The molecule has 0 spiro atoms. The van der Waals surface area contributed by atoms with Crippen LogP contribution < -0.4 is 4.74 Å². The average Bonchev–Trinajstić information content (AvgIpc) is 2.41. The van der Waals surface area contributed by atoms with Gasteiger partial charge in [0, 0.05) is 16.1 Å². The summed E-state index contributed by atoms with van der Waals surface area (Å²) in [4.78, 5) is 12.3. The van der Waals surface area contributed by atoms with Crippen LogP contribution in [0.15, 0.2) is 42.5 Å². The molecular formula is C15H13ClO2. The largest absolute Gasteiger partial charge is 0.497 e. The molecule has 3 heteroatoms. The third-order valence-electron chi connectivity index (χ3n) is 2.80. The van der Waals surface area contributed by atoms with E-state index in [2.05, 4.69) is 0 Å². The third kappa shape index (κ3) is 2.54. The zero-order chi connectivity index (χ0) is 13.1. The van der Waals surface area contributed by atoms with E-state index in [1.54, 1.807) is 43.5 Å². The lowest BCUT2D eigenvalue weighted by molar-refractivity contribution is 0.103. The van der Waals surface area contributed by atoms with Gasteiger partial charge in [0.25, 0.3) is 0 Å². The lowest BCUT2D eigenvalue weighted by Crippen LogP contribution is -2.03. The van der Waals surface area contributed by atoms with Crippen molar-refractivity contribution in [2.24, 2.45) is 0 Å². The third-order valence-corrected chi connectivity index (χ3v) is 3.03. The molecule has 0 saturated carbocycles. The van der Waals surface area contributed by atoms with Gasteiger partial charge in [-0.3, -0.25) is 4.79 Å². The molecule has 2 rings (SSSR count). The summed E-state index contributed by atoms with van der Waals surface area (Å²) in [6.45, 7) is 1.90. The van der Waals surface area contributed by atoms with E-state index < -0.39 is 0 Å². The topological polar surface area (TPSA) is 26.3 Å². The van der Waals surface area contributed by atoms with Gasteiger partial charge in [0.05, 0.1) is 7.11 Å². The van der Waals surface area contributed by atoms with Gasteiger partial charge in [0.1, 0.15) is 5.75 Å². The number of rotatable bonds is 3. The Hall–Kier alpha value is -1.80. The molecular weight excluding hydrogens is 248 g/mol. The molecule has 0 amide bonds. The smallest absolute Gasteiger partial charge is 0.193 e. The van der Waals surface area contributed by atoms with Crippen LogP contribution in [0.5, 0.6) is 5.75 Å². The molecule has 0 bridgehead atoms. The summed E-state index contributed by atoms with van der Waals surface area (Å²) < 4.78 is 5.07. The molecule has 0 aliphatic heterocycles. The highest BCUT2D eigenvalue weighted by Crippen LogP contribution is 2.20. The van der Waals surface area contributed by atoms with Gasteiger partial charge < -0.3 is 4.74 Å². The van der Waals surface area contributed by atoms with Gasteiger partial charge in [-0.2, -0.15) is 0 Å². The first-order valence-corrected chi connectivity index (χ1v) is 5.94. The second-order valence-electron chi connectivity index (χ2n) is 4.02. The minimum atomic E-state index is -0.0300. The Morgan fingerprint density at radius 1 is 1.11 bits per heavy atom. The molecule has 0 aliphatic carbocycles. The van der Waals surface area contributed by atoms with Crippen LogP contribution >= 0.6 is 11.6 Å². The molecule has 0 saturated heterocycles. The van der Waals surface area contributed by atoms with Crippen LogP contribution in [0.1, 0.15) is 21.5 Å². The van der Waals surface area contributed by atoms with Crippen LogP contribution in [0.3, 0.4) is 0 Å². The number of ether oxygens (including phenoxy) is 1. The number of carbonyl (C=O) groups is 1. The molecule has 18 heavy (non-hydrogen) atoms. The second kappa shape index (κ2) is 5.23. The lowest BCUT2D eigenvalue weighted by Gasteiger charge is -2.06. The first-order chi connectivity index (χ1) is 8.61. The molecule has 0 N–H and O–H groups in total. The quantitative estimate of drug-likeness (QED) is 0.783. The summed E-state index contributed by atoms with van der Waals surface area (Å²) >= 11 is 5.92. The number of hydrogen-bond donors (Lipinski definition) is 0. The SMILES string of the molecule is COc1ccc(C(=O)c2cc(Cl)ccc2C)cc1. The first-order valence-electron chi connectivity index (χ1n) is 5.56. The summed E-state index contributed by atoms with van der Waals surface area (Å²) in [5, 5.41) is 0.567. The zero-order valence-corrected chi connectivity index (χ0v) is 11.0. The predicted molar refractivity (Wildman–Crippen MR) is 72.6 cm³/mol. The van der Waals surface area contributed by atoms with Gasteiger partial charge >= 0.3 is 0 Å². The minimum absolute atomic E-state index is 0.0300. The van der Waals surface area contributed by atoms with Gasteiger partial charge in [-0.15, -0.1) is 0 Å². The number of ketones is 1. The van der Waals surface area contributed by atoms with Crippen LogP contribution in [0.25, 0.3) is 0 Å². The highest BCUT2D eigenvalue weighted by Gasteiger charge is 2.12. The van der Waals surface area contributed by atoms with E-state index in [0.717, 1.165) is 11.3 Å². The number of benzene rings is 2. The van der Waals surface area contributed by atoms with E-state index in [4.69, 9.17) is 16.3 Å². The molecule has 0 aromatic heterocycles. The molecule has 2 aromatic carbocycles. The van der Waals surface area contributed by atoms with Crippen molar-refractivity contribution in [2.45, 2.75) is 6.92 Å².